The summed E-state index contributed by atoms with van der Waals surface area (Å²) in [5.41, 5.74) is 0.580. The molecule has 2 aromatic rings. The molecule has 7 nitrogen and oxygen atoms in total. The molecule has 4 rings (SSSR count). The van der Waals surface area contributed by atoms with Gasteiger partial charge in [-0.1, -0.05) is 12.1 Å². The van der Waals surface area contributed by atoms with Crippen LogP contribution < -0.4 is 14.2 Å². The Kier molecular flexibility index (Phi) is 3.19. The molecule has 120 valence electrons. The normalized spacial score (nSPS) is 14.8. The zero-order valence-corrected chi connectivity index (χ0v) is 12.4. The van der Waals surface area contributed by atoms with Crippen LogP contribution in [0, 0.1) is 0 Å². The highest BCUT2D eigenvalue weighted by molar-refractivity contribution is 6.22. The number of benzene rings is 2. The smallest absolute Gasteiger partial charge is 0.331 e. The summed E-state index contributed by atoms with van der Waals surface area (Å²) >= 11 is 0. The molecule has 0 unspecified atom stereocenters. The van der Waals surface area contributed by atoms with Crippen molar-refractivity contribution in [3.63, 3.8) is 0 Å². The summed E-state index contributed by atoms with van der Waals surface area (Å²) in [4.78, 5) is 37.4. The van der Waals surface area contributed by atoms with Crippen molar-refractivity contribution in [2.45, 2.75) is 0 Å². The van der Waals surface area contributed by atoms with Gasteiger partial charge in [-0.3, -0.25) is 14.5 Å². The van der Waals surface area contributed by atoms with Crippen LogP contribution in [0.3, 0.4) is 0 Å². The zero-order valence-electron chi connectivity index (χ0n) is 12.4. The van der Waals surface area contributed by atoms with Gasteiger partial charge in [0.15, 0.2) is 11.5 Å². The second-order valence-corrected chi connectivity index (χ2v) is 5.23. The summed E-state index contributed by atoms with van der Waals surface area (Å²) in [7, 11) is 0. The highest BCUT2D eigenvalue weighted by Gasteiger charge is 2.36. The van der Waals surface area contributed by atoms with E-state index < -0.39 is 24.3 Å². The van der Waals surface area contributed by atoms with Crippen LogP contribution in [0.15, 0.2) is 42.5 Å². The number of esters is 1. The molecule has 7 heteroatoms. The molecule has 2 aliphatic rings. The fraction of sp³-hybridized carbons (Fsp3) is 0.118. The third-order valence-corrected chi connectivity index (χ3v) is 3.74. The van der Waals surface area contributed by atoms with Gasteiger partial charge in [0.1, 0.15) is 12.3 Å². The Morgan fingerprint density at radius 3 is 2.38 bits per heavy atom. The Labute approximate surface area is 136 Å². The molecule has 0 saturated heterocycles. The largest absolute Gasteiger partial charge is 0.454 e. The number of rotatable bonds is 3. The van der Waals surface area contributed by atoms with Crippen LogP contribution in [-0.4, -0.2) is 36.0 Å². The Hall–Kier alpha value is -3.35. The highest BCUT2D eigenvalue weighted by Crippen LogP contribution is 2.35. The molecule has 0 N–H and O–H groups in total. The second-order valence-electron chi connectivity index (χ2n) is 5.23. The van der Waals surface area contributed by atoms with Gasteiger partial charge in [-0.15, -0.1) is 0 Å². The van der Waals surface area contributed by atoms with Crippen molar-refractivity contribution in [1.82, 2.24) is 4.90 Å². The predicted molar refractivity (Wildman–Crippen MR) is 80.0 cm³/mol. The monoisotopic (exact) mass is 325 g/mol. The first-order valence-corrected chi connectivity index (χ1v) is 7.19. The van der Waals surface area contributed by atoms with Gasteiger partial charge < -0.3 is 14.2 Å². The number of carbonyl (C=O) groups is 3. The number of hydrogen-bond donors (Lipinski definition) is 0. The van der Waals surface area contributed by atoms with Gasteiger partial charge in [-0.25, -0.2) is 4.79 Å². The predicted octanol–water partition coefficient (Wildman–Crippen LogP) is 1.62. The maximum atomic E-state index is 12.2. The molecule has 0 radical (unpaired) electrons. The van der Waals surface area contributed by atoms with Crippen LogP contribution in [0.5, 0.6) is 17.2 Å². The third kappa shape index (κ3) is 2.26. The van der Waals surface area contributed by atoms with Crippen molar-refractivity contribution >= 4 is 17.8 Å². The van der Waals surface area contributed by atoms with Gasteiger partial charge in [0.2, 0.25) is 6.79 Å². The van der Waals surface area contributed by atoms with Crippen LogP contribution >= 0.6 is 0 Å². The van der Waals surface area contributed by atoms with E-state index in [1.807, 2.05) is 0 Å². The number of ether oxygens (including phenoxy) is 3. The van der Waals surface area contributed by atoms with Gasteiger partial charge in [-0.05, 0) is 24.3 Å². The molecule has 2 heterocycles. The van der Waals surface area contributed by atoms with Crippen LogP contribution in [0.4, 0.5) is 0 Å². The average molecular weight is 325 g/mol. The first kappa shape index (κ1) is 14.3. The second kappa shape index (κ2) is 5.38. The molecule has 0 spiro atoms. The quantitative estimate of drug-likeness (QED) is 0.484. The Morgan fingerprint density at radius 1 is 1.00 bits per heavy atom. The van der Waals surface area contributed by atoms with Gasteiger partial charge in [-0.2, -0.15) is 0 Å². The van der Waals surface area contributed by atoms with Gasteiger partial charge in [0, 0.05) is 6.07 Å². The van der Waals surface area contributed by atoms with E-state index in [2.05, 4.69) is 0 Å². The molecule has 0 atom stereocenters. The fourth-order valence-corrected chi connectivity index (χ4v) is 2.62. The van der Waals surface area contributed by atoms with Crippen molar-refractivity contribution in [2.75, 3.05) is 13.3 Å². The standard InChI is InChI=1S/C17H11NO6/c19-15(24-10-5-6-13-14(7-10)23-9-22-13)8-18-16(20)11-3-1-2-4-12(11)17(18)21/h1-7H,8-9H2. The topological polar surface area (TPSA) is 82.1 Å². The highest BCUT2D eigenvalue weighted by atomic mass is 16.7. The lowest BCUT2D eigenvalue weighted by Crippen LogP contribution is -2.36. The van der Waals surface area contributed by atoms with Crippen molar-refractivity contribution in [2.24, 2.45) is 0 Å². The molecule has 0 aliphatic carbocycles. The average Bonchev–Trinajstić information content (AvgIpc) is 3.14. The van der Waals surface area contributed by atoms with Crippen LogP contribution in [0.25, 0.3) is 0 Å². The lowest BCUT2D eigenvalue weighted by Gasteiger charge is -2.13. The summed E-state index contributed by atoms with van der Waals surface area (Å²) in [6.45, 7) is -0.345. The fourth-order valence-electron chi connectivity index (χ4n) is 2.62. The van der Waals surface area contributed by atoms with Gasteiger partial charge in [0.05, 0.1) is 11.1 Å². The van der Waals surface area contributed by atoms with E-state index in [9.17, 15) is 14.4 Å². The third-order valence-electron chi connectivity index (χ3n) is 3.74. The summed E-state index contributed by atoms with van der Waals surface area (Å²) in [6.07, 6.45) is 0. The summed E-state index contributed by atoms with van der Waals surface area (Å²) in [6, 6.07) is 11.1. The van der Waals surface area contributed by atoms with Crippen molar-refractivity contribution in [3.8, 4) is 17.2 Å². The van der Waals surface area contributed by atoms with E-state index in [1.54, 1.807) is 36.4 Å². The molecule has 24 heavy (non-hydrogen) atoms. The molecule has 0 saturated carbocycles. The minimum Gasteiger partial charge on any atom is -0.454 e. The lowest BCUT2D eigenvalue weighted by atomic mass is 10.1. The Balaban J connectivity index is 1.47. The zero-order chi connectivity index (χ0) is 16.7. The summed E-state index contributed by atoms with van der Waals surface area (Å²) < 4.78 is 15.5. The van der Waals surface area contributed by atoms with E-state index in [1.165, 1.54) is 6.07 Å². The van der Waals surface area contributed by atoms with Crippen molar-refractivity contribution in [3.05, 3.63) is 53.6 Å². The van der Waals surface area contributed by atoms with E-state index in [-0.39, 0.29) is 12.5 Å². The number of amides is 2. The SMILES string of the molecule is O=C(CN1C(=O)c2ccccc2C1=O)Oc1ccc2c(c1)OCO2. The molecular formula is C17H11NO6. The summed E-state index contributed by atoms with van der Waals surface area (Å²) in [5, 5.41) is 0. The van der Waals surface area contributed by atoms with Gasteiger partial charge >= 0.3 is 5.97 Å². The van der Waals surface area contributed by atoms with E-state index in [0.29, 0.717) is 22.6 Å². The number of hydrogen-bond acceptors (Lipinski definition) is 6. The van der Waals surface area contributed by atoms with E-state index in [0.717, 1.165) is 4.90 Å². The Bertz CT molecular complexity index is 840. The maximum Gasteiger partial charge on any atom is 0.331 e. The molecule has 0 aromatic heterocycles. The number of carbonyl (C=O) groups excluding carboxylic acids is 3. The molecule has 2 aromatic carbocycles. The van der Waals surface area contributed by atoms with Crippen LogP contribution in [0.1, 0.15) is 20.7 Å². The van der Waals surface area contributed by atoms with Crippen LogP contribution in [-0.2, 0) is 4.79 Å². The number of fused-ring (bicyclic) bond motifs is 2. The maximum absolute atomic E-state index is 12.2. The molecule has 0 bridgehead atoms. The molecule has 0 fully saturated rings. The number of nitrogens with zero attached hydrogens (tertiary/aromatic N) is 1. The van der Waals surface area contributed by atoms with Crippen LogP contribution in [0.2, 0.25) is 0 Å². The van der Waals surface area contributed by atoms with Gasteiger partial charge in [0.25, 0.3) is 11.8 Å². The number of imide groups is 1. The minimum absolute atomic E-state index is 0.113. The van der Waals surface area contributed by atoms with Crippen molar-refractivity contribution < 1.29 is 28.6 Å². The van der Waals surface area contributed by atoms with E-state index >= 15 is 0 Å². The lowest BCUT2D eigenvalue weighted by molar-refractivity contribution is -0.134. The van der Waals surface area contributed by atoms with Crippen molar-refractivity contribution in [1.29, 1.82) is 0 Å². The minimum atomic E-state index is -0.719. The first-order valence-electron chi connectivity index (χ1n) is 7.19. The Morgan fingerprint density at radius 2 is 1.67 bits per heavy atom. The summed E-state index contributed by atoms with van der Waals surface area (Å²) in [5.74, 6) is -0.433. The van der Waals surface area contributed by atoms with E-state index in [4.69, 9.17) is 14.2 Å². The first-order chi connectivity index (χ1) is 11.6. The molecular weight excluding hydrogens is 314 g/mol. The molecule has 2 amide bonds. The molecule has 2 aliphatic heterocycles.